The largest absolute Gasteiger partial charge is 0.481 e. The number of carbonyl (C=O) groups is 3. The number of amides is 2. The molecule has 4 rings (SSSR count). The summed E-state index contributed by atoms with van der Waals surface area (Å²) in [4.78, 5) is 48.4. The van der Waals surface area contributed by atoms with Crippen LogP contribution in [0.3, 0.4) is 0 Å². The van der Waals surface area contributed by atoms with Gasteiger partial charge in [-0.3, -0.25) is 14.4 Å². The van der Waals surface area contributed by atoms with Gasteiger partial charge in [-0.05, 0) is 12.5 Å². The lowest BCUT2D eigenvalue weighted by Gasteiger charge is -2.31. The zero-order chi connectivity index (χ0) is 24.6. The van der Waals surface area contributed by atoms with E-state index in [1.807, 2.05) is 60.7 Å². The van der Waals surface area contributed by atoms with E-state index in [-0.39, 0.29) is 24.4 Å². The van der Waals surface area contributed by atoms with Gasteiger partial charge in [0.2, 0.25) is 5.91 Å². The highest BCUT2D eigenvalue weighted by atomic mass is 16.4. The van der Waals surface area contributed by atoms with Crippen molar-refractivity contribution in [2.45, 2.75) is 18.9 Å². The van der Waals surface area contributed by atoms with Crippen molar-refractivity contribution in [1.29, 1.82) is 0 Å². The molecule has 1 saturated heterocycles. The van der Waals surface area contributed by atoms with E-state index in [0.29, 0.717) is 37.7 Å². The molecule has 0 aliphatic carbocycles. The second kappa shape index (κ2) is 11.3. The molecule has 3 N–H and O–H groups in total. The fourth-order valence-electron chi connectivity index (χ4n) is 3.90. The zero-order valence-electron chi connectivity index (χ0n) is 19.2. The molecule has 2 aromatic carbocycles. The summed E-state index contributed by atoms with van der Waals surface area (Å²) < 4.78 is 0. The highest BCUT2D eigenvalue weighted by molar-refractivity contribution is 5.97. The van der Waals surface area contributed by atoms with Gasteiger partial charge in [-0.2, -0.15) is 0 Å². The normalized spacial score (nSPS) is 14.2. The van der Waals surface area contributed by atoms with Crippen LogP contribution in [0.4, 0.5) is 0 Å². The second-order valence-corrected chi connectivity index (χ2v) is 8.23. The number of carbonyl (C=O) groups excluding carboxylic acids is 2. The Morgan fingerprint density at radius 2 is 1.57 bits per heavy atom. The fourth-order valence-corrected chi connectivity index (χ4v) is 3.90. The Hall–Kier alpha value is -4.11. The first-order valence-corrected chi connectivity index (χ1v) is 11.5. The van der Waals surface area contributed by atoms with Gasteiger partial charge in [0, 0.05) is 43.7 Å². The van der Waals surface area contributed by atoms with E-state index >= 15 is 0 Å². The topological polar surface area (TPSA) is 125 Å². The minimum Gasteiger partial charge on any atom is -0.481 e. The van der Waals surface area contributed by atoms with Gasteiger partial charge in [-0.1, -0.05) is 60.7 Å². The van der Waals surface area contributed by atoms with Crippen LogP contribution >= 0.6 is 0 Å². The summed E-state index contributed by atoms with van der Waals surface area (Å²) in [6, 6.07) is 19.4. The minimum absolute atomic E-state index is 0.00793. The first-order chi connectivity index (χ1) is 17.0. The number of carboxylic acid groups (broad SMARTS) is 1. The lowest BCUT2D eigenvalue weighted by Crippen LogP contribution is -2.54. The van der Waals surface area contributed by atoms with Gasteiger partial charge in [-0.25, -0.2) is 9.97 Å². The first kappa shape index (κ1) is 24.0. The smallest absolute Gasteiger partial charge is 0.303 e. The number of hydrogen-bond donors (Lipinski definition) is 3. The summed E-state index contributed by atoms with van der Waals surface area (Å²) in [6.45, 7) is 2.31. The van der Waals surface area contributed by atoms with E-state index in [1.165, 1.54) is 0 Å². The maximum absolute atomic E-state index is 13.3. The van der Waals surface area contributed by atoms with Gasteiger partial charge < -0.3 is 20.6 Å². The minimum atomic E-state index is -1.03. The highest BCUT2D eigenvalue weighted by Gasteiger charge is 2.28. The second-order valence-electron chi connectivity index (χ2n) is 8.23. The van der Waals surface area contributed by atoms with E-state index < -0.39 is 17.9 Å². The summed E-state index contributed by atoms with van der Waals surface area (Å²) in [7, 11) is 0. The van der Waals surface area contributed by atoms with Gasteiger partial charge in [0.15, 0.2) is 5.82 Å². The Kier molecular flexibility index (Phi) is 7.79. The molecular formula is C26H27N5O4. The maximum Gasteiger partial charge on any atom is 0.303 e. The van der Waals surface area contributed by atoms with Gasteiger partial charge >= 0.3 is 5.97 Å². The highest BCUT2D eigenvalue weighted by Crippen LogP contribution is 2.22. The van der Waals surface area contributed by atoms with Crippen LogP contribution in [-0.2, 0) is 9.59 Å². The van der Waals surface area contributed by atoms with E-state index in [0.717, 1.165) is 11.1 Å². The third kappa shape index (κ3) is 6.27. The Bertz CT molecular complexity index is 1120. The van der Waals surface area contributed by atoms with Crippen molar-refractivity contribution in [3.05, 3.63) is 72.4 Å². The third-order valence-electron chi connectivity index (χ3n) is 5.74. The van der Waals surface area contributed by atoms with Gasteiger partial charge in [0.1, 0.15) is 11.7 Å². The van der Waals surface area contributed by atoms with Gasteiger partial charge in [0.05, 0.1) is 5.69 Å². The van der Waals surface area contributed by atoms with Crippen molar-refractivity contribution in [1.82, 2.24) is 25.5 Å². The molecule has 3 aromatic rings. The average Bonchev–Trinajstić information content (AvgIpc) is 2.91. The molecule has 35 heavy (non-hydrogen) atoms. The number of aliphatic carboxylic acids is 1. The van der Waals surface area contributed by atoms with Crippen molar-refractivity contribution >= 4 is 17.8 Å². The number of piperazine rings is 1. The fraction of sp³-hybridized carbons (Fsp3) is 0.269. The molecule has 1 aliphatic heterocycles. The molecule has 180 valence electrons. The molecule has 0 saturated carbocycles. The molecule has 1 aromatic heterocycles. The van der Waals surface area contributed by atoms with E-state index in [9.17, 15) is 14.4 Å². The summed E-state index contributed by atoms with van der Waals surface area (Å²) in [6.07, 6.45) is -0.247. The van der Waals surface area contributed by atoms with Crippen LogP contribution < -0.4 is 10.6 Å². The van der Waals surface area contributed by atoms with Crippen LogP contribution in [0.15, 0.2) is 66.7 Å². The molecule has 0 bridgehead atoms. The molecule has 0 radical (unpaired) electrons. The monoisotopic (exact) mass is 473 g/mol. The standard InChI is InChI=1S/C26H27N5O4/c32-23(33)12-11-20(26(35)31-15-13-27-14-16-31)30-25(34)22-17-21(18-7-3-1-4-8-18)28-24(29-22)19-9-5-2-6-10-19/h1-10,17,20,27H,11-16H2,(H,30,34)(H,32,33). The van der Waals surface area contributed by atoms with Crippen molar-refractivity contribution < 1.29 is 19.5 Å². The van der Waals surface area contributed by atoms with Crippen molar-refractivity contribution in [2.24, 2.45) is 0 Å². The Morgan fingerprint density at radius 3 is 2.20 bits per heavy atom. The summed E-state index contributed by atoms with van der Waals surface area (Å²) in [5.74, 6) is -1.49. The molecule has 1 atom stereocenters. The Balaban J connectivity index is 1.65. The number of benzene rings is 2. The van der Waals surface area contributed by atoms with Crippen molar-refractivity contribution in [3.63, 3.8) is 0 Å². The van der Waals surface area contributed by atoms with Crippen LogP contribution in [0.1, 0.15) is 23.3 Å². The van der Waals surface area contributed by atoms with Crippen LogP contribution in [0.2, 0.25) is 0 Å². The van der Waals surface area contributed by atoms with E-state index in [1.54, 1.807) is 11.0 Å². The van der Waals surface area contributed by atoms with Crippen LogP contribution in [-0.4, -0.2) is 70.0 Å². The molecule has 9 nitrogen and oxygen atoms in total. The molecule has 9 heteroatoms. The van der Waals surface area contributed by atoms with Crippen molar-refractivity contribution in [2.75, 3.05) is 26.2 Å². The molecule has 1 aliphatic rings. The summed E-state index contributed by atoms with van der Waals surface area (Å²) in [5, 5.41) is 15.1. The quantitative estimate of drug-likeness (QED) is 0.458. The first-order valence-electron chi connectivity index (χ1n) is 11.5. The third-order valence-corrected chi connectivity index (χ3v) is 5.74. The van der Waals surface area contributed by atoms with E-state index in [2.05, 4.69) is 20.6 Å². The lowest BCUT2D eigenvalue weighted by atomic mass is 10.1. The van der Waals surface area contributed by atoms with Crippen LogP contribution in [0, 0.1) is 0 Å². The molecule has 1 fully saturated rings. The molecule has 2 heterocycles. The predicted octanol–water partition coefficient (Wildman–Crippen LogP) is 2.21. The Labute approximate surface area is 203 Å². The number of rotatable bonds is 8. The molecular weight excluding hydrogens is 446 g/mol. The number of hydrogen-bond acceptors (Lipinski definition) is 6. The average molecular weight is 474 g/mol. The molecule has 1 unspecified atom stereocenters. The Morgan fingerprint density at radius 1 is 0.943 bits per heavy atom. The number of nitrogens with one attached hydrogen (secondary N) is 2. The van der Waals surface area contributed by atoms with Crippen LogP contribution in [0.5, 0.6) is 0 Å². The molecule has 2 amide bonds. The van der Waals surface area contributed by atoms with Crippen molar-refractivity contribution in [3.8, 4) is 22.6 Å². The number of nitrogens with zero attached hydrogens (tertiary/aromatic N) is 3. The predicted molar refractivity (Wildman–Crippen MR) is 130 cm³/mol. The molecule has 0 spiro atoms. The SMILES string of the molecule is O=C(O)CCC(NC(=O)c1cc(-c2ccccc2)nc(-c2ccccc2)n1)C(=O)N1CCNCC1. The maximum atomic E-state index is 13.3. The summed E-state index contributed by atoms with van der Waals surface area (Å²) in [5.41, 5.74) is 2.24. The number of aromatic nitrogens is 2. The van der Waals surface area contributed by atoms with Crippen LogP contribution in [0.25, 0.3) is 22.6 Å². The van der Waals surface area contributed by atoms with E-state index in [4.69, 9.17) is 5.11 Å². The van der Waals surface area contributed by atoms with Gasteiger partial charge in [0.25, 0.3) is 5.91 Å². The summed E-state index contributed by atoms with van der Waals surface area (Å²) >= 11 is 0. The van der Waals surface area contributed by atoms with Gasteiger partial charge in [-0.15, -0.1) is 0 Å². The number of carboxylic acids is 1. The zero-order valence-corrected chi connectivity index (χ0v) is 19.2. The lowest BCUT2D eigenvalue weighted by molar-refractivity contribution is -0.138.